The van der Waals surface area contributed by atoms with Crippen LogP contribution < -0.4 is 4.74 Å². The molecule has 13 heavy (non-hydrogen) atoms. The molecule has 1 radical (unpaired) electrons. The van der Waals surface area contributed by atoms with Crippen LogP contribution in [0.15, 0.2) is 18.2 Å². The number of hydrogen-bond donors (Lipinski definition) is 1. The normalized spacial score (nSPS) is 10.5. The Morgan fingerprint density at radius 3 is 2.77 bits per heavy atom. The molecule has 0 spiro atoms. The summed E-state index contributed by atoms with van der Waals surface area (Å²) in [6, 6.07) is 4.85. The quantitative estimate of drug-likeness (QED) is 0.773. The first-order valence-corrected chi connectivity index (χ1v) is 3.97. The fraction of sp³-hybridized carbons (Fsp3) is 0.300. The molecule has 0 saturated carbocycles. The first-order valence-electron chi connectivity index (χ1n) is 3.97. The lowest BCUT2D eigenvalue weighted by Crippen LogP contribution is -2.04. The second-order valence-electron chi connectivity index (χ2n) is 2.76. The summed E-state index contributed by atoms with van der Waals surface area (Å²) in [6.45, 7) is 1.53. The van der Waals surface area contributed by atoms with Crippen LogP contribution in [0.3, 0.4) is 0 Å². The fourth-order valence-corrected chi connectivity index (χ4v) is 1.08. The van der Waals surface area contributed by atoms with Crippen LogP contribution in [0.5, 0.6) is 5.75 Å². The molecule has 0 aliphatic heterocycles. The number of rotatable bonds is 3. The van der Waals surface area contributed by atoms with Crippen LogP contribution in [-0.2, 0) is 0 Å². The minimum Gasteiger partial charge on any atom is -0.494 e. The van der Waals surface area contributed by atoms with Crippen molar-refractivity contribution in [3.8, 4) is 5.75 Å². The van der Waals surface area contributed by atoms with Crippen molar-refractivity contribution in [1.29, 1.82) is 0 Å². The lowest BCUT2D eigenvalue weighted by Gasteiger charge is -2.10. The lowest BCUT2D eigenvalue weighted by atomic mass is 10.0. The average Bonchev–Trinajstić information content (AvgIpc) is 2.17. The fourth-order valence-electron chi connectivity index (χ4n) is 1.08. The Kier molecular flexibility index (Phi) is 3.25. The topological polar surface area (TPSA) is 29.5 Å². The van der Waals surface area contributed by atoms with Gasteiger partial charge >= 0.3 is 0 Å². The van der Waals surface area contributed by atoms with Gasteiger partial charge in [-0.3, -0.25) is 0 Å². The summed E-state index contributed by atoms with van der Waals surface area (Å²) in [5.41, 5.74) is 0.404. The molecule has 1 N–H and O–H groups in total. The molecule has 1 aromatic carbocycles. The summed E-state index contributed by atoms with van der Waals surface area (Å²) in [6.07, 6.45) is 0. The van der Waals surface area contributed by atoms with E-state index in [0.29, 0.717) is 11.5 Å². The molecule has 0 fully saturated rings. The zero-order valence-corrected chi connectivity index (χ0v) is 7.67. The number of halogens is 1. The highest BCUT2D eigenvalue weighted by molar-refractivity contribution is 5.38. The number of aliphatic hydroxyl groups is 1. The van der Waals surface area contributed by atoms with Gasteiger partial charge in [-0.2, -0.15) is 0 Å². The number of benzene rings is 1. The predicted molar refractivity (Wildman–Crippen MR) is 48.1 cm³/mol. The lowest BCUT2D eigenvalue weighted by molar-refractivity contribution is 0.312. The van der Waals surface area contributed by atoms with Gasteiger partial charge in [0.05, 0.1) is 13.7 Å². The summed E-state index contributed by atoms with van der Waals surface area (Å²) in [5, 5.41) is 8.83. The molecule has 0 bridgehead atoms. The van der Waals surface area contributed by atoms with Crippen molar-refractivity contribution in [2.24, 2.45) is 0 Å². The number of ether oxygens (including phenoxy) is 1. The van der Waals surface area contributed by atoms with Gasteiger partial charge in [0.1, 0.15) is 0 Å². The molecule has 1 rings (SSSR count). The Morgan fingerprint density at radius 2 is 2.23 bits per heavy atom. The van der Waals surface area contributed by atoms with Crippen LogP contribution >= 0.6 is 0 Å². The van der Waals surface area contributed by atoms with E-state index in [1.54, 1.807) is 25.1 Å². The highest BCUT2D eigenvalue weighted by Crippen LogP contribution is 2.24. The predicted octanol–water partition coefficient (Wildman–Crippen LogP) is 1.77. The second-order valence-corrected chi connectivity index (χ2v) is 2.76. The Hall–Kier alpha value is -1.09. The Bertz CT molecular complexity index is 286. The van der Waals surface area contributed by atoms with E-state index in [-0.39, 0.29) is 12.4 Å². The third-order valence-electron chi connectivity index (χ3n) is 1.88. The van der Waals surface area contributed by atoms with Crippen molar-refractivity contribution in [2.75, 3.05) is 13.7 Å². The standard InChI is InChI=1S/C10H12FO2/c1-7(6-12)8-4-3-5-9(13-2)10(8)11/h3-5,12H,6H2,1-2H3. The Balaban J connectivity index is 3.08. The largest absolute Gasteiger partial charge is 0.494 e. The van der Waals surface area contributed by atoms with Crippen LogP contribution in [0.2, 0.25) is 0 Å². The van der Waals surface area contributed by atoms with E-state index in [2.05, 4.69) is 0 Å². The van der Waals surface area contributed by atoms with Crippen molar-refractivity contribution < 1.29 is 14.2 Å². The molecule has 0 aliphatic rings. The SMILES string of the molecule is COc1cccc([C](C)CO)c1F. The third kappa shape index (κ3) is 1.98. The summed E-state index contributed by atoms with van der Waals surface area (Å²) < 4.78 is 18.3. The Labute approximate surface area is 77.0 Å². The summed E-state index contributed by atoms with van der Waals surface area (Å²) >= 11 is 0. The van der Waals surface area contributed by atoms with E-state index in [4.69, 9.17) is 9.84 Å². The van der Waals surface area contributed by atoms with Gasteiger partial charge in [-0.15, -0.1) is 0 Å². The van der Waals surface area contributed by atoms with Crippen molar-refractivity contribution in [1.82, 2.24) is 0 Å². The maximum absolute atomic E-state index is 13.5. The van der Waals surface area contributed by atoms with Gasteiger partial charge in [0, 0.05) is 11.5 Å². The van der Waals surface area contributed by atoms with Gasteiger partial charge in [0.15, 0.2) is 11.6 Å². The zero-order chi connectivity index (χ0) is 9.84. The summed E-state index contributed by atoms with van der Waals surface area (Å²) in [5.74, 6) is 0.373. The van der Waals surface area contributed by atoms with Crippen LogP contribution in [0, 0.1) is 11.7 Å². The molecule has 0 saturated heterocycles. The minimum absolute atomic E-state index is 0.149. The molecule has 0 unspecified atom stereocenters. The van der Waals surface area contributed by atoms with Gasteiger partial charge in [-0.1, -0.05) is 19.1 Å². The number of aliphatic hydroxyl groups excluding tert-OH is 1. The minimum atomic E-state index is -0.420. The monoisotopic (exact) mass is 183 g/mol. The van der Waals surface area contributed by atoms with Crippen molar-refractivity contribution >= 4 is 0 Å². The highest BCUT2D eigenvalue weighted by atomic mass is 19.1. The Morgan fingerprint density at radius 1 is 1.54 bits per heavy atom. The van der Waals surface area contributed by atoms with Crippen LogP contribution in [-0.4, -0.2) is 18.8 Å². The maximum atomic E-state index is 13.5. The molecule has 0 heterocycles. The van der Waals surface area contributed by atoms with E-state index in [0.717, 1.165) is 0 Å². The molecular formula is C10H12FO2. The van der Waals surface area contributed by atoms with E-state index in [9.17, 15) is 4.39 Å². The van der Waals surface area contributed by atoms with Crippen molar-refractivity contribution in [2.45, 2.75) is 6.92 Å². The third-order valence-corrected chi connectivity index (χ3v) is 1.88. The smallest absolute Gasteiger partial charge is 0.168 e. The van der Waals surface area contributed by atoms with Gasteiger partial charge in [0.25, 0.3) is 0 Å². The molecule has 2 nitrogen and oxygen atoms in total. The van der Waals surface area contributed by atoms with Gasteiger partial charge in [-0.25, -0.2) is 4.39 Å². The summed E-state index contributed by atoms with van der Waals surface area (Å²) in [4.78, 5) is 0. The van der Waals surface area contributed by atoms with Gasteiger partial charge in [0.2, 0.25) is 0 Å². The molecule has 0 amide bonds. The van der Waals surface area contributed by atoms with Crippen molar-refractivity contribution in [3.63, 3.8) is 0 Å². The number of hydrogen-bond acceptors (Lipinski definition) is 2. The van der Waals surface area contributed by atoms with E-state index in [1.807, 2.05) is 0 Å². The average molecular weight is 183 g/mol. The zero-order valence-electron chi connectivity index (χ0n) is 7.67. The number of methoxy groups -OCH3 is 1. The van der Waals surface area contributed by atoms with Crippen LogP contribution in [0.25, 0.3) is 0 Å². The van der Waals surface area contributed by atoms with Gasteiger partial charge in [-0.05, 0) is 6.07 Å². The molecule has 3 heteroatoms. The first kappa shape index (κ1) is 9.99. The van der Waals surface area contributed by atoms with E-state index in [1.165, 1.54) is 7.11 Å². The molecule has 71 valence electrons. The van der Waals surface area contributed by atoms with E-state index >= 15 is 0 Å². The first-order chi connectivity index (χ1) is 6.20. The van der Waals surface area contributed by atoms with Gasteiger partial charge < -0.3 is 9.84 Å². The van der Waals surface area contributed by atoms with Crippen molar-refractivity contribution in [3.05, 3.63) is 35.5 Å². The van der Waals surface area contributed by atoms with Crippen LogP contribution in [0.1, 0.15) is 12.5 Å². The van der Waals surface area contributed by atoms with Crippen LogP contribution in [0.4, 0.5) is 4.39 Å². The molecule has 0 atom stereocenters. The molecular weight excluding hydrogens is 171 g/mol. The molecule has 1 aromatic rings. The second kappa shape index (κ2) is 4.23. The summed E-state index contributed by atoms with van der Waals surface area (Å²) in [7, 11) is 1.41. The molecule has 0 aliphatic carbocycles. The van der Waals surface area contributed by atoms with E-state index < -0.39 is 5.82 Å². The maximum Gasteiger partial charge on any atom is 0.168 e. The molecule has 0 aromatic heterocycles. The highest BCUT2D eigenvalue weighted by Gasteiger charge is 2.13.